The number of nitrogens with zero attached hydrogens (tertiary/aromatic N) is 3. The standard InChI is InChI=1S/C18H17FN4O/c1-12(22-18(24)14-4-3-9-20-10-14)17-11-21-23(13(17)2)16-7-5-15(19)6-8-16/h3-12H,1-2H3,(H,22,24)/t12-/m1/s1. The van der Waals surface area contributed by atoms with Crippen LogP contribution in [0.15, 0.2) is 55.0 Å². The second-order valence-electron chi connectivity index (χ2n) is 5.51. The maximum Gasteiger partial charge on any atom is 0.253 e. The first-order chi connectivity index (χ1) is 11.6. The van der Waals surface area contributed by atoms with Crippen molar-refractivity contribution in [2.24, 2.45) is 0 Å². The fraction of sp³-hybridized carbons (Fsp3) is 0.167. The molecule has 0 saturated carbocycles. The Hall–Kier alpha value is -3.02. The minimum absolute atomic E-state index is 0.190. The van der Waals surface area contributed by atoms with E-state index in [4.69, 9.17) is 0 Å². The predicted octanol–water partition coefficient (Wildman–Crippen LogP) is 3.21. The molecule has 1 atom stereocenters. The zero-order chi connectivity index (χ0) is 17.1. The number of carbonyl (C=O) groups is 1. The van der Waals surface area contributed by atoms with Gasteiger partial charge in [-0.3, -0.25) is 9.78 Å². The summed E-state index contributed by atoms with van der Waals surface area (Å²) in [5.74, 6) is -0.481. The summed E-state index contributed by atoms with van der Waals surface area (Å²) in [5, 5.41) is 7.28. The van der Waals surface area contributed by atoms with Crippen molar-refractivity contribution in [2.75, 3.05) is 0 Å². The van der Waals surface area contributed by atoms with Gasteiger partial charge < -0.3 is 5.32 Å². The molecule has 0 spiro atoms. The van der Waals surface area contributed by atoms with Crippen molar-refractivity contribution in [1.29, 1.82) is 0 Å². The van der Waals surface area contributed by atoms with Crippen LogP contribution in [0.2, 0.25) is 0 Å². The van der Waals surface area contributed by atoms with E-state index in [0.29, 0.717) is 5.56 Å². The van der Waals surface area contributed by atoms with Gasteiger partial charge in [-0.2, -0.15) is 5.10 Å². The van der Waals surface area contributed by atoms with Crippen LogP contribution in [0.4, 0.5) is 4.39 Å². The lowest BCUT2D eigenvalue weighted by atomic mass is 10.1. The molecule has 0 radical (unpaired) electrons. The molecule has 0 saturated heterocycles. The molecule has 0 fully saturated rings. The summed E-state index contributed by atoms with van der Waals surface area (Å²) in [4.78, 5) is 16.2. The number of rotatable bonds is 4. The molecular weight excluding hydrogens is 307 g/mol. The van der Waals surface area contributed by atoms with Gasteiger partial charge in [0, 0.05) is 23.7 Å². The van der Waals surface area contributed by atoms with Crippen LogP contribution < -0.4 is 5.32 Å². The number of hydrogen-bond acceptors (Lipinski definition) is 3. The second kappa shape index (κ2) is 6.62. The molecule has 0 aliphatic carbocycles. The van der Waals surface area contributed by atoms with E-state index in [1.165, 1.54) is 18.3 Å². The largest absolute Gasteiger partial charge is 0.345 e. The van der Waals surface area contributed by atoms with Crippen LogP contribution in [-0.2, 0) is 0 Å². The quantitative estimate of drug-likeness (QED) is 0.802. The molecule has 1 N–H and O–H groups in total. The van der Waals surface area contributed by atoms with Crippen molar-refractivity contribution in [1.82, 2.24) is 20.1 Å². The summed E-state index contributed by atoms with van der Waals surface area (Å²) in [6, 6.07) is 9.33. The molecule has 2 heterocycles. The van der Waals surface area contributed by atoms with E-state index in [9.17, 15) is 9.18 Å². The number of amides is 1. The van der Waals surface area contributed by atoms with Gasteiger partial charge in [-0.05, 0) is 50.2 Å². The van der Waals surface area contributed by atoms with Gasteiger partial charge >= 0.3 is 0 Å². The van der Waals surface area contributed by atoms with Gasteiger partial charge in [-0.1, -0.05) is 0 Å². The SMILES string of the molecule is Cc1c([C@@H](C)NC(=O)c2cccnc2)cnn1-c1ccc(F)cc1. The summed E-state index contributed by atoms with van der Waals surface area (Å²) in [6.07, 6.45) is 4.86. The highest BCUT2D eigenvalue weighted by molar-refractivity contribution is 5.94. The molecule has 1 aromatic carbocycles. The number of halogens is 1. The minimum atomic E-state index is -0.291. The molecule has 5 nitrogen and oxygen atoms in total. The van der Waals surface area contributed by atoms with Crippen LogP contribution in [0.25, 0.3) is 5.69 Å². The monoisotopic (exact) mass is 324 g/mol. The average molecular weight is 324 g/mol. The van der Waals surface area contributed by atoms with Crippen LogP contribution in [0.5, 0.6) is 0 Å². The molecule has 3 rings (SSSR count). The Morgan fingerprint density at radius 1 is 1.21 bits per heavy atom. The lowest BCUT2D eigenvalue weighted by molar-refractivity contribution is 0.0939. The summed E-state index contributed by atoms with van der Waals surface area (Å²) in [5.41, 5.74) is 3.07. The molecule has 122 valence electrons. The molecule has 1 amide bonds. The number of pyridine rings is 1. The Morgan fingerprint density at radius 3 is 2.62 bits per heavy atom. The molecule has 0 unspecified atom stereocenters. The molecular formula is C18H17FN4O. The third-order valence-electron chi connectivity index (χ3n) is 3.86. The van der Waals surface area contributed by atoms with Crippen molar-refractivity contribution in [2.45, 2.75) is 19.9 Å². The van der Waals surface area contributed by atoms with Crippen molar-refractivity contribution in [3.63, 3.8) is 0 Å². The van der Waals surface area contributed by atoms with Crippen molar-refractivity contribution < 1.29 is 9.18 Å². The third kappa shape index (κ3) is 3.17. The lowest BCUT2D eigenvalue weighted by Gasteiger charge is -2.14. The Kier molecular flexibility index (Phi) is 4.37. The molecule has 0 aliphatic rings. The van der Waals surface area contributed by atoms with Crippen LogP contribution in [-0.4, -0.2) is 20.7 Å². The number of benzene rings is 1. The van der Waals surface area contributed by atoms with Crippen molar-refractivity contribution in [3.8, 4) is 5.69 Å². The lowest BCUT2D eigenvalue weighted by Crippen LogP contribution is -2.27. The number of aromatic nitrogens is 3. The van der Waals surface area contributed by atoms with Gasteiger partial charge in [0.2, 0.25) is 0 Å². The first-order valence-corrected chi connectivity index (χ1v) is 7.57. The molecule has 3 aromatic rings. The van der Waals surface area contributed by atoms with Gasteiger partial charge in [-0.15, -0.1) is 0 Å². The number of nitrogens with one attached hydrogen (secondary N) is 1. The first-order valence-electron chi connectivity index (χ1n) is 7.57. The molecule has 0 bridgehead atoms. The predicted molar refractivity (Wildman–Crippen MR) is 88.4 cm³/mol. The summed E-state index contributed by atoms with van der Waals surface area (Å²) < 4.78 is 14.8. The van der Waals surface area contributed by atoms with E-state index in [0.717, 1.165) is 16.9 Å². The molecule has 2 aromatic heterocycles. The van der Waals surface area contributed by atoms with E-state index < -0.39 is 0 Å². The number of hydrogen-bond donors (Lipinski definition) is 1. The van der Waals surface area contributed by atoms with E-state index >= 15 is 0 Å². The van der Waals surface area contributed by atoms with E-state index in [1.807, 2.05) is 13.8 Å². The van der Waals surface area contributed by atoms with Crippen LogP contribution in [0.3, 0.4) is 0 Å². The normalized spacial score (nSPS) is 12.0. The maximum absolute atomic E-state index is 13.1. The van der Waals surface area contributed by atoms with Gasteiger partial charge in [-0.25, -0.2) is 9.07 Å². The molecule has 6 heteroatoms. The van der Waals surface area contributed by atoms with Gasteiger partial charge in [0.05, 0.1) is 23.5 Å². The van der Waals surface area contributed by atoms with Crippen LogP contribution >= 0.6 is 0 Å². The summed E-state index contributed by atoms with van der Waals surface area (Å²) in [6.45, 7) is 3.81. The fourth-order valence-corrected chi connectivity index (χ4v) is 2.54. The van der Waals surface area contributed by atoms with Crippen molar-refractivity contribution in [3.05, 3.63) is 77.6 Å². The zero-order valence-electron chi connectivity index (χ0n) is 13.4. The Balaban J connectivity index is 1.80. The van der Waals surface area contributed by atoms with Gasteiger partial charge in [0.1, 0.15) is 5.82 Å². The third-order valence-corrected chi connectivity index (χ3v) is 3.86. The summed E-state index contributed by atoms with van der Waals surface area (Å²) >= 11 is 0. The van der Waals surface area contributed by atoms with E-state index in [1.54, 1.807) is 41.3 Å². The maximum atomic E-state index is 13.1. The van der Waals surface area contributed by atoms with E-state index in [-0.39, 0.29) is 17.8 Å². The fourth-order valence-electron chi connectivity index (χ4n) is 2.54. The summed E-state index contributed by atoms with van der Waals surface area (Å²) in [7, 11) is 0. The minimum Gasteiger partial charge on any atom is -0.345 e. The Labute approximate surface area is 139 Å². The highest BCUT2D eigenvalue weighted by atomic mass is 19.1. The van der Waals surface area contributed by atoms with Crippen LogP contribution in [0.1, 0.15) is 34.6 Å². The Bertz CT molecular complexity index is 843. The zero-order valence-corrected chi connectivity index (χ0v) is 13.4. The molecule has 0 aliphatic heterocycles. The van der Waals surface area contributed by atoms with Gasteiger partial charge in [0.15, 0.2) is 0 Å². The highest BCUT2D eigenvalue weighted by Crippen LogP contribution is 2.20. The van der Waals surface area contributed by atoms with Crippen LogP contribution in [0, 0.1) is 12.7 Å². The Morgan fingerprint density at radius 2 is 1.96 bits per heavy atom. The smallest absolute Gasteiger partial charge is 0.253 e. The van der Waals surface area contributed by atoms with Gasteiger partial charge in [0.25, 0.3) is 5.91 Å². The topological polar surface area (TPSA) is 59.8 Å². The van der Waals surface area contributed by atoms with E-state index in [2.05, 4.69) is 15.4 Å². The highest BCUT2D eigenvalue weighted by Gasteiger charge is 2.17. The number of carbonyl (C=O) groups excluding carboxylic acids is 1. The second-order valence-corrected chi connectivity index (χ2v) is 5.51. The van der Waals surface area contributed by atoms with Crippen molar-refractivity contribution >= 4 is 5.91 Å². The first kappa shape index (κ1) is 15.9. The molecule has 24 heavy (non-hydrogen) atoms. The average Bonchev–Trinajstić information content (AvgIpc) is 2.98.